The Hall–Kier alpha value is -2.26. The number of anilines is 2. The van der Waals surface area contributed by atoms with Gasteiger partial charge < -0.3 is 21.2 Å². The maximum absolute atomic E-state index is 12.5. The van der Waals surface area contributed by atoms with Crippen molar-refractivity contribution in [2.75, 3.05) is 18.0 Å². The number of likely N-dealkylation sites (tertiary alicyclic amines) is 1. The van der Waals surface area contributed by atoms with Crippen LogP contribution in [0.25, 0.3) is 11.0 Å². The van der Waals surface area contributed by atoms with Gasteiger partial charge >= 0.3 is 6.09 Å². The van der Waals surface area contributed by atoms with Gasteiger partial charge in [0.05, 0.1) is 28.5 Å². The molecule has 5 N–H and O–H groups in total. The van der Waals surface area contributed by atoms with Crippen molar-refractivity contribution in [2.24, 2.45) is 5.92 Å². The van der Waals surface area contributed by atoms with Crippen molar-refractivity contribution in [3.05, 3.63) is 51.2 Å². The van der Waals surface area contributed by atoms with Crippen molar-refractivity contribution in [3.63, 3.8) is 0 Å². The van der Waals surface area contributed by atoms with E-state index < -0.39 is 5.60 Å². The lowest BCUT2D eigenvalue weighted by molar-refractivity contribution is 0.0215. The van der Waals surface area contributed by atoms with E-state index in [4.69, 9.17) is 16.2 Å². The second-order valence-corrected chi connectivity index (χ2v) is 10.9. The van der Waals surface area contributed by atoms with Gasteiger partial charge in [0.25, 0.3) is 0 Å². The summed E-state index contributed by atoms with van der Waals surface area (Å²) < 4.78 is 7.51. The van der Waals surface area contributed by atoms with Crippen LogP contribution in [0.1, 0.15) is 46.0 Å². The number of carbonyl (C=O) groups excluding carboxylic acids is 1. The fourth-order valence-electron chi connectivity index (χ4n) is 3.53. The van der Waals surface area contributed by atoms with Gasteiger partial charge in [-0.1, -0.05) is 38.8 Å². The normalized spacial score (nSPS) is 18.4. The van der Waals surface area contributed by atoms with Crippen LogP contribution in [0.3, 0.4) is 0 Å². The van der Waals surface area contributed by atoms with E-state index in [1.807, 2.05) is 45.0 Å². The molecule has 0 spiro atoms. The Kier molecular flexibility index (Phi) is 7.39. The average Bonchev–Trinajstić information content (AvgIpc) is 3.27. The van der Waals surface area contributed by atoms with Gasteiger partial charge in [-0.3, -0.25) is 4.90 Å². The van der Waals surface area contributed by atoms with Gasteiger partial charge in [-0.25, -0.2) is 9.78 Å². The third-order valence-corrected chi connectivity index (χ3v) is 5.95. The van der Waals surface area contributed by atoms with Crippen molar-refractivity contribution < 1.29 is 9.53 Å². The fraction of sp³-hybridized carbons (Fsp3) is 0.391. The number of carbonyl (C=O) groups is 1. The number of hydrogen-bond donors (Lipinski definition) is 3. The van der Waals surface area contributed by atoms with Crippen LogP contribution in [0, 0.1) is 5.92 Å². The van der Waals surface area contributed by atoms with Crippen LogP contribution < -0.4 is 11.5 Å². The molecule has 0 radical (unpaired) electrons. The fourth-order valence-corrected chi connectivity index (χ4v) is 4.27. The molecule has 1 saturated heterocycles. The number of nitrogen functional groups attached to an aromatic ring is 2. The third-order valence-electron chi connectivity index (χ3n) is 4.96. The zero-order valence-corrected chi connectivity index (χ0v) is 21.8. The number of H-pyrrole nitrogens is 1. The molecule has 0 bridgehead atoms. The molecule has 1 aliphatic heterocycles. The highest BCUT2D eigenvalue weighted by atomic mass is 79.9. The van der Waals surface area contributed by atoms with E-state index in [2.05, 4.69) is 48.8 Å². The van der Waals surface area contributed by atoms with Crippen molar-refractivity contribution in [3.8, 4) is 0 Å². The van der Waals surface area contributed by atoms with Crippen LogP contribution in [0.4, 0.5) is 16.2 Å². The van der Waals surface area contributed by atoms with Gasteiger partial charge in [0.2, 0.25) is 0 Å². The lowest BCUT2D eigenvalue weighted by Crippen LogP contribution is -2.37. The summed E-state index contributed by atoms with van der Waals surface area (Å²) in [6.07, 6.45) is 0.619. The topological polar surface area (TPSA) is 110 Å². The molecule has 1 aromatic heterocycles. The molecule has 2 atom stereocenters. The standard InChI is InChI=1S/C17H22BrN3O2.C6H7BrN2/c1-10-7-14(21(9-10)16(22)23-17(2,3)4)15-19-12-6-5-11(18)8-13(12)20-15;7-4-1-2-5(8)6(9)3-4/h5-6,8,10,14H,7,9H2,1-4H3,(H,19,20);1-3H,8-9H2/t10-,14-;/m0./s1. The lowest BCUT2D eigenvalue weighted by Gasteiger charge is -2.27. The number of aromatic nitrogens is 2. The Morgan fingerprint density at radius 2 is 1.78 bits per heavy atom. The second kappa shape index (κ2) is 9.70. The molecule has 4 rings (SSSR count). The zero-order chi connectivity index (χ0) is 23.6. The molecule has 0 saturated carbocycles. The Morgan fingerprint density at radius 1 is 1.12 bits per heavy atom. The first-order valence-electron chi connectivity index (χ1n) is 10.4. The maximum atomic E-state index is 12.5. The number of nitrogens with two attached hydrogens (primary N) is 2. The van der Waals surface area contributed by atoms with E-state index in [0.717, 1.165) is 32.2 Å². The Balaban J connectivity index is 0.000000269. The Morgan fingerprint density at radius 3 is 2.41 bits per heavy atom. The molecule has 0 unspecified atom stereocenters. The van der Waals surface area contributed by atoms with Crippen LogP contribution in [-0.4, -0.2) is 33.1 Å². The number of ether oxygens (including phenoxy) is 1. The summed E-state index contributed by atoms with van der Waals surface area (Å²) in [7, 11) is 0. The molecule has 1 aliphatic rings. The molecular formula is C23H29Br2N5O2. The van der Waals surface area contributed by atoms with Crippen molar-refractivity contribution in [1.29, 1.82) is 0 Å². The third kappa shape index (κ3) is 6.16. The zero-order valence-electron chi connectivity index (χ0n) is 18.7. The van der Waals surface area contributed by atoms with E-state index >= 15 is 0 Å². The minimum Gasteiger partial charge on any atom is -0.444 e. The number of aromatic amines is 1. The highest BCUT2D eigenvalue weighted by Gasteiger charge is 2.38. The number of nitrogens with zero attached hydrogens (tertiary/aromatic N) is 2. The van der Waals surface area contributed by atoms with Crippen LogP contribution in [0.2, 0.25) is 0 Å². The minimum absolute atomic E-state index is 0.0639. The number of benzene rings is 2. The van der Waals surface area contributed by atoms with Gasteiger partial charge in [0, 0.05) is 15.5 Å². The van der Waals surface area contributed by atoms with Crippen molar-refractivity contribution >= 4 is 60.4 Å². The highest BCUT2D eigenvalue weighted by Crippen LogP contribution is 2.36. The Bertz CT molecular complexity index is 1110. The predicted octanol–water partition coefficient (Wildman–Crippen LogP) is 6.26. The molecule has 3 aromatic rings. The first-order chi connectivity index (χ1) is 14.9. The molecule has 7 nitrogen and oxygen atoms in total. The number of hydrogen-bond acceptors (Lipinski definition) is 5. The molecule has 1 fully saturated rings. The molecule has 2 aromatic carbocycles. The first-order valence-corrected chi connectivity index (χ1v) is 12.0. The summed E-state index contributed by atoms with van der Waals surface area (Å²) >= 11 is 6.73. The van der Waals surface area contributed by atoms with Crippen molar-refractivity contribution in [2.45, 2.75) is 45.8 Å². The second-order valence-electron chi connectivity index (χ2n) is 9.05. The van der Waals surface area contributed by atoms with E-state index in [9.17, 15) is 4.79 Å². The van der Waals surface area contributed by atoms with E-state index in [0.29, 0.717) is 23.8 Å². The number of imidazole rings is 1. The number of fused-ring (bicyclic) bond motifs is 1. The Labute approximate surface area is 205 Å². The molecular weight excluding hydrogens is 538 g/mol. The van der Waals surface area contributed by atoms with Gasteiger partial charge in [-0.2, -0.15) is 0 Å². The minimum atomic E-state index is -0.494. The number of nitrogens with one attached hydrogen (secondary N) is 1. The smallest absolute Gasteiger partial charge is 0.410 e. The number of amides is 1. The summed E-state index contributed by atoms with van der Waals surface area (Å²) in [5.74, 6) is 1.25. The summed E-state index contributed by atoms with van der Waals surface area (Å²) in [6.45, 7) is 8.51. The summed E-state index contributed by atoms with van der Waals surface area (Å²) in [5.41, 5.74) is 13.5. The number of rotatable bonds is 1. The largest absolute Gasteiger partial charge is 0.444 e. The van der Waals surface area contributed by atoms with E-state index in [1.54, 1.807) is 17.0 Å². The highest BCUT2D eigenvalue weighted by molar-refractivity contribution is 9.10. The van der Waals surface area contributed by atoms with Crippen LogP contribution >= 0.6 is 31.9 Å². The molecule has 1 amide bonds. The predicted molar refractivity (Wildman–Crippen MR) is 136 cm³/mol. The van der Waals surface area contributed by atoms with Crippen LogP contribution in [-0.2, 0) is 4.74 Å². The molecule has 0 aliphatic carbocycles. The summed E-state index contributed by atoms with van der Waals surface area (Å²) in [4.78, 5) is 22.3. The van der Waals surface area contributed by atoms with Gasteiger partial charge in [-0.05, 0) is 69.5 Å². The maximum Gasteiger partial charge on any atom is 0.410 e. The summed E-state index contributed by atoms with van der Waals surface area (Å²) in [5, 5.41) is 0. The van der Waals surface area contributed by atoms with E-state index in [-0.39, 0.29) is 12.1 Å². The number of halogens is 2. The quantitative estimate of drug-likeness (QED) is 0.301. The SMILES string of the molecule is C[C@H]1C[C@@H](c2nc3ccc(Br)cc3[nH]2)N(C(=O)OC(C)(C)C)C1.Nc1ccc(Br)cc1N. The average molecular weight is 567 g/mol. The summed E-state index contributed by atoms with van der Waals surface area (Å²) in [6, 6.07) is 11.3. The molecule has 172 valence electrons. The van der Waals surface area contributed by atoms with Gasteiger partial charge in [0.15, 0.2) is 0 Å². The van der Waals surface area contributed by atoms with Crippen molar-refractivity contribution in [1.82, 2.24) is 14.9 Å². The van der Waals surface area contributed by atoms with Gasteiger partial charge in [-0.15, -0.1) is 0 Å². The molecule has 32 heavy (non-hydrogen) atoms. The van der Waals surface area contributed by atoms with E-state index in [1.165, 1.54) is 0 Å². The molecule has 2 heterocycles. The lowest BCUT2D eigenvalue weighted by atomic mass is 10.1. The first kappa shape index (κ1) is 24.4. The van der Waals surface area contributed by atoms with Crippen LogP contribution in [0.15, 0.2) is 45.3 Å². The van der Waals surface area contributed by atoms with Gasteiger partial charge in [0.1, 0.15) is 11.4 Å². The molecule has 9 heteroatoms. The monoisotopic (exact) mass is 565 g/mol. The van der Waals surface area contributed by atoms with Crippen LogP contribution in [0.5, 0.6) is 0 Å².